The molecule has 1 aliphatic rings. The number of ether oxygens (including phenoxy) is 1. The standard InChI is InChI=1S/C61H56N4O.Pt/c1-38-32-33-62-53(34-38)65-51-31-30-48-57(60(7,8)61(9,10)59(48,5)6)56(51)47-29-28-46(36-52(47)65)66-45-25-19-24-44(35-45)63-37-64(50-27-18-17-26-49(50)63)58-54(42-20-13-11-14-21-42)40(3)39(2)41(4)55(58)43-22-15-12-16-23-43;/h11-36H,1-10H3;/i11D,12D,13D,14D,15D,16D,20D,21D,22D,23D;. The summed E-state index contributed by atoms with van der Waals surface area (Å²) in [6.07, 6.45) is 1.85. The minimum absolute atomic E-state index is 0.0554. The summed E-state index contributed by atoms with van der Waals surface area (Å²) in [4.78, 5) is 4.91. The number of hydrogen-bond acceptors (Lipinski definition) is 2. The van der Waals surface area contributed by atoms with Gasteiger partial charge >= 0.3 is 326 Å². The Labute approximate surface area is 418 Å². The van der Waals surface area contributed by atoms with Gasteiger partial charge in [-0.1, -0.05) is 47.6 Å². The van der Waals surface area contributed by atoms with Gasteiger partial charge in [0.05, 0.1) is 0 Å². The summed E-state index contributed by atoms with van der Waals surface area (Å²) >= 11 is 2.21. The van der Waals surface area contributed by atoms with E-state index in [1.807, 2.05) is 96.8 Å². The second-order valence-electron chi connectivity index (χ2n) is 19.4. The first-order valence-corrected chi connectivity index (χ1v) is 23.7. The topological polar surface area (TPSA) is 36.9 Å². The number of pyridine rings is 1. The molecule has 5 nitrogen and oxygen atoms in total. The van der Waals surface area contributed by atoms with E-state index >= 15 is 0 Å². The van der Waals surface area contributed by atoms with Gasteiger partial charge in [0, 0.05) is 6.20 Å². The maximum atomic E-state index is 9.32. The number of aryl methyl sites for hydroxylation is 1. The third-order valence-electron chi connectivity index (χ3n) is 15.5. The Morgan fingerprint density at radius 2 is 1.19 bits per heavy atom. The van der Waals surface area contributed by atoms with Gasteiger partial charge in [-0.05, 0) is 40.4 Å². The molecular weight excluding hydrogens is 1000 g/mol. The molecule has 0 aliphatic heterocycles. The molecule has 0 saturated carbocycles. The van der Waals surface area contributed by atoms with Crippen LogP contribution >= 0.6 is 0 Å². The Balaban J connectivity index is 1.14. The Kier molecular flexibility index (Phi) is 7.64. The molecule has 0 saturated heterocycles. The normalized spacial score (nSPS) is 17.0. The fourth-order valence-electron chi connectivity index (χ4n) is 10.8. The number of benzene rings is 7. The van der Waals surface area contributed by atoms with Crippen LogP contribution in [0.1, 0.15) is 88.6 Å². The Bertz CT molecular complexity index is 4160. The number of imidazole rings is 1. The van der Waals surface area contributed by atoms with Crippen LogP contribution in [0.5, 0.6) is 11.5 Å². The van der Waals surface area contributed by atoms with Crippen molar-refractivity contribution in [3.63, 3.8) is 0 Å². The minimum atomic E-state index is -0.551. The number of nitrogens with zero attached hydrogens (tertiary/aromatic N) is 4. The zero-order chi connectivity index (χ0) is 55.4. The number of aromatic nitrogens is 4. The quantitative estimate of drug-likeness (QED) is 0.159. The molecule has 0 spiro atoms. The van der Waals surface area contributed by atoms with Gasteiger partial charge in [0.25, 0.3) is 0 Å². The molecule has 10 aromatic rings. The van der Waals surface area contributed by atoms with Crippen LogP contribution in [0, 0.1) is 36.9 Å². The Morgan fingerprint density at radius 1 is 0.567 bits per heavy atom. The van der Waals surface area contributed by atoms with Crippen molar-refractivity contribution in [2.75, 3.05) is 0 Å². The summed E-state index contributed by atoms with van der Waals surface area (Å²) in [6.45, 7) is 21.8. The van der Waals surface area contributed by atoms with E-state index in [4.69, 9.17) is 17.9 Å². The monoisotopic (exact) mass is 1070 g/mol. The third kappa shape index (κ3) is 6.30. The molecule has 0 atom stereocenters. The van der Waals surface area contributed by atoms with Crippen molar-refractivity contribution in [3.8, 4) is 50.9 Å². The van der Waals surface area contributed by atoms with Gasteiger partial charge in [-0.2, -0.15) is 0 Å². The molecule has 3 heterocycles. The molecule has 11 rings (SSSR count). The first kappa shape index (κ1) is 33.0. The predicted molar refractivity (Wildman–Crippen MR) is 274 cm³/mol. The molecule has 0 amide bonds. The number of rotatable bonds is 7. The molecule has 336 valence electrons. The average Bonchev–Trinajstić information content (AvgIpc) is 4.00. The van der Waals surface area contributed by atoms with Crippen molar-refractivity contribution in [1.29, 1.82) is 0 Å². The van der Waals surface area contributed by atoms with E-state index in [1.165, 1.54) is 16.5 Å². The van der Waals surface area contributed by atoms with Crippen molar-refractivity contribution >= 4 is 32.8 Å². The molecule has 0 radical (unpaired) electrons. The van der Waals surface area contributed by atoms with Crippen molar-refractivity contribution in [1.82, 2.24) is 18.7 Å². The van der Waals surface area contributed by atoms with Crippen LogP contribution < -0.4 is 4.74 Å². The van der Waals surface area contributed by atoms with Gasteiger partial charge in [0.2, 0.25) is 0 Å². The van der Waals surface area contributed by atoms with Crippen LogP contribution in [0.25, 0.3) is 72.3 Å². The molecule has 67 heavy (non-hydrogen) atoms. The molecule has 7 aromatic carbocycles. The van der Waals surface area contributed by atoms with Gasteiger partial charge in [-0.15, -0.1) is 0 Å². The molecule has 0 fully saturated rings. The first-order chi connectivity index (χ1) is 36.3. The van der Waals surface area contributed by atoms with E-state index in [-0.39, 0.29) is 38.5 Å². The zero-order valence-electron chi connectivity index (χ0n) is 49.3. The van der Waals surface area contributed by atoms with E-state index in [0.29, 0.717) is 48.9 Å². The SMILES string of the molecule is [2H]c1c([2H])c([2H])c(-c2c(C)c(C)c(C)c(-c3c([2H])c([2H])c([2H])c([2H])c3[2H])c2-n2[c](=[Pt])n(-c3cccc(Oc4ccc5c6c7c(ccc6n(-c6cc(C)ccn6)c5c4)C(C)(C)C(C)(C)C7(C)C)c3)c3ccccc32)c([2H])c1[2H]. The maximum absolute atomic E-state index is 9.32. The van der Waals surface area contributed by atoms with Crippen LogP contribution in [-0.4, -0.2) is 18.7 Å². The van der Waals surface area contributed by atoms with E-state index < -0.39 is 60.4 Å². The zero-order valence-corrected chi connectivity index (χ0v) is 41.5. The molecule has 6 heteroatoms. The van der Waals surface area contributed by atoms with Gasteiger partial charge in [-0.25, -0.2) is 0 Å². The van der Waals surface area contributed by atoms with Crippen LogP contribution in [0.2, 0.25) is 0 Å². The van der Waals surface area contributed by atoms with Crippen molar-refractivity contribution < 1.29 is 37.8 Å². The van der Waals surface area contributed by atoms with Crippen LogP contribution in [-0.2, 0) is 30.2 Å². The second kappa shape index (κ2) is 15.5. The van der Waals surface area contributed by atoms with Crippen molar-refractivity contribution in [2.24, 2.45) is 5.41 Å². The van der Waals surface area contributed by atoms with Gasteiger partial charge in [0.1, 0.15) is 0 Å². The van der Waals surface area contributed by atoms with E-state index in [9.17, 15) is 5.48 Å². The van der Waals surface area contributed by atoms with Gasteiger partial charge < -0.3 is 0 Å². The summed E-state index contributed by atoms with van der Waals surface area (Å²) in [6, 6.07) is 25.4. The van der Waals surface area contributed by atoms with E-state index in [1.54, 1.807) is 0 Å². The third-order valence-corrected chi connectivity index (χ3v) is 16.6. The molecule has 0 bridgehead atoms. The fraction of sp³-hybridized carbons (Fsp3) is 0.213. The summed E-state index contributed by atoms with van der Waals surface area (Å²) in [5.74, 6) is 1.97. The molecular formula is C61H56N4OPt. The first-order valence-electron chi connectivity index (χ1n) is 27.6. The van der Waals surface area contributed by atoms with Gasteiger partial charge in [0.15, 0.2) is 0 Å². The number of fused-ring (bicyclic) bond motifs is 6. The molecule has 3 aromatic heterocycles. The van der Waals surface area contributed by atoms with E-state index in [0.717, 1.165) is 33.3 Å². The summed E-state index contributed by atoms with van der Waals surface area (Å²) < 4.78 is 103. The van der Waals surface area contributed by atoms with Crippen molar-refractivity contribution in [3.05, 3.63) is 195 Å². The second-order valence-corrected chi connectivity index (χ2v) is 20.5. The molecule has 1 aliphatic carbocycles. The predicted octanol–water partition coefficient (Wildman–Crippen LogP) is 15.9. The Morgan fingerprint density at radius 3 is 1.84 bits per heavy atom. The van der Waals surface area contributed by atoms with Crippen LogP contribution in [0.3, 0.4) is 0 Å². The average molecular weight is 1070 g/mol. The number of para-hydroxylation sites is 2. The fourth-order valence-corrected chi connectivity index (χ4v) is 11.9. The van der Waals surface area contributed by atoms with Crippen molar-refractivity contribution in [2.45, 2.75) is 80.1 Å². The van der Waals surface area contributed by atoms with E-state index in [2.05, 4.69) is 103 Å². The van der Waals surface area contributed by atoms with Crippen LogP contribution in [0.15, 0.2) is 158 Å². The number of hydrogen-bond donors (Lipinski definition) is 0. The van der Waals surface area contributed by atoms with Gasteiger partial charge in [-0.3, -0.25) is 0 Å². The Hall–Kier alpha value is -6.55. The molecule has 0 N–H and O–H groups in total. The summed E-state index contributed by atoms with van der Waals surface area (Å²) in [5, 5.41) is 2.32. The summed E-state index contributed by atoms with van der Waals surface area (Å²) in [5.41, 5.74) is 10.1. The van der Waals surface area contributed by atoms with Crippen LogP contribution in [0.4, 0.5) is 0 Å². The molecule has 0 unspecified atom stereocenters. The summed E-state index contributed by atoms with van der Waals surface area (Å²) in [7, 11) is 0.